The van der Waals surface area contributed by atoms with Gasteiger partial charge in [-0.1, -0.05) is 63.3 Å². The first kappa shape index (κ1) is 27.8. The van der Waals surface area contributed by atoms with Crippen LogP contribution in [0.25, 0.3) is 5.57 Å². The Labute approximate surface area is 206 Å². The lowest BCUT2D eigenvalue weighted by Crippen LogP contribution is -2.10. The molecule has 0 spiro atoms. The molecule has 0 aliphatic heterocycles. The molecule has 0 fully saturated rings. The number of esters is 1. The number of aryl methyl sites for hydroxylation is 1. The summed E-state index contributed by atoms with van der Waals surface area (Å²) in [7, 11) is 2.61. The van der Waals surface area contributed by atoms with E-state index in [1.165, 1.54) is 25.2 Å². The highest BCUT2D eigenvalue weighted by Gasteiger charge is 2.41. The number of nitrogens with zero attached hydrogens (tertiary/aromatic N) is 2. The van der Waals surface area contributed by atoms with E-state index in [1.54, 1.807) is 24.3 Å². The van der Waals surface area contributed by atoms with Gasteiger partial charge in [0.2, 0.25) is 5.88 Å². The SMILES string of the molecule is CCCCCCCCn1nc(OCc2ccccc2/C(=C\OC)C(=O)OC)c(C(F)(F)F)c1Br. The van der Waals surface area contributed by atoms with Gasteiger partial charge in [0.1, 0.15) is 16.8 Å². The highest BCUT2D eigenvalue weighted by Crippen LogP contribution is 2.41. The van der Waals surface area contributed by atoms with Crippen LogP contribution < -0.4 is 4.74 Å². The molecule has 1 aromatic heterocycles. The molecule has 2 rings (SSSR count). The summed E-state index contributed by atoms with van der Waals surface area (Å²) in [6.07, 6.45) is 2.64. The fourth-order valence-electron chi connectivity index (χ4n) is 3.45. The van der Waals surface area contributed by atoms with Gasteiger partial charge in [-0.3, -0.25) is 4.68 Å². The van der Waals surface area contributed by atoms with Gasteiger partial charge in [-0.25, -0.2) is 4.79 Å². The quantitative estimate of drug-likeness (QED) is 0.120. The number of hydrogen-bond donors (Lipinski definition) is 0. The Morgan fingerprint density at radius 2 is 1.79 bits per heavy atom. The van der Waals surface area contributed by atoms with E-state index in [4.69, 9.17) is 14.2 Å². The van der Waals surface area contributed by atoms with Crippen LogP contribution in [0.15, 0.2) is 35.1 Å². The second-order valence-corrected chi connectivity index (χ2v) is 8.42. The number of halogens is 4. The molecule has 2 aromatic rings. The molecular weight excluding hydrogens is 517 g/mol. The number of ether oxygens (including phenoxy) is 3. The Hall–Kier alpha value is -2.49. The summed E-state index contributed by atoms with van der Waals surface area (Å²) >= 11 is 3.06. The number of carbonyl (C=O) groups is 1. The summed E-state index contributed by atoms with van der Waals surface area (Å²) in [6, 6.07) is 6.68. The number of hydrogen-bond acceptors (Lipinski definition) is 5. The van der Waals surface area contributed by atoms with Crippen molar-refractivity contribution in [1.82, 2.24) is 9.78 Å². The van der Waals surface area contributed by atoms with Crippen molar-refractivity contribution in [1.29, 1.82) is 0 Å². The molecule has 0 bridgehead atoms. The van der Waals surface area contributed by atoms with Gasteiger partial charge in [0, 0.05) is 6.54 Å². The smallest absolute Gasteiger partial charge is 0.424 e. The van der Waals surface area contributed by atoms with Crippen LogP contribution >= 0.6 is 15.9 Å². The minimum Gasteiger partial charge on any atom is -0.503 e. The summed E-state index contributed by atoms with van der Waals surface area (Å²) in [5.41, 5.74) is 0.0628. The van der Waals surface area contributed by atoms with E-state index in [0.717, 1.165) is 32.1 Å². The molecule has 34 heavy (non-hydrogen) atoms. The average molecular weight is 547 g/mol. The third-order valence-electron chi connectivity index (χ3n) is 5.18. The first-order valence-corrected chi connectivity index (χ1v) is 11.9. The number of alkyl halides is 3. The van der Waals surface area contributed by atoms with Crippen LogP contribution in [-0.4, -0.2) is 30.0 Å². The zero-order valence-electron chi connectivity index (χ0n) is 19.6. The lowest BCUT2D eigenvalue weighted by atomic mass is 10.0. The molecule has 0 saturated heterocycles. The van der Waals surface area contributed by atoms with Crippen LogP contribution in [0, 0.1) is 0 Å². The molecular formula is C24H30BrF3N2O4. The Morgan fingerprint density at radius 1 is 1.12 bits per heavy atom. The van der Waals surface area contributed by atoms with Crippen LogP contribution in [0.4, 0.5) is 13.2 Å². The molecule has 10 heteroatoms. The average Bonchev–Trinajstić information content (AvgIpc) is 3.13. The van der Waals surface area contributed by atoms with Crippen molar-refractivity contribution in [2.24, 2.45) is 0 Å². The van der Waals surface area contributed by atoms with Gasteiger partial charge in [-0.05, 0) is 33.5 Å². The molecule has 1 heterocycles. The fraction of sp³-hybridized carbons (Fsp3) is 0.500. The Kier molecular flexibility index (Phi) is 10.9. The molecule has 0 amide bonds. The Morgan fingerprint density at radius 3 is 2.44 bits per heavy atom. The van der Waals surface area contributed by atoms with Crippen LogP contribution in [-0.2, 0) is 33.6 Å². The van der Waals surface area contributed by atoms with E-state index >= 15 is 0 Å². The monoisotopic (exact) mass is 546 g/mol. The van der Waals surface area contributed by atoms with Gasteiger partial charge < -0.3 is 14.2 Å². The summed E-state index contributed by atoms with van der Waals surface area (Å²) in [6.45, 7) is 2.24. The second kappa shape index (κ2) is 13.4. The van der Waals surface area contributed by atoms with Crippen molar-refractivity contribution in [3.63, 3.8) is 0 Å². The number of unbranched alkanes of at least 4 members (excludes halogenated alkanes) is 5. The Balaban J connectivity index is 2.24. The van der Waals surface area contributed by atoms with Gasteiger partial charge in [0.05, 0.1) is 20.5 Å². The topological polar surface area (TPSA) is 62.6 Å². The zero-order chi connectivity index (χ0) is 25.1. The van der Waals surface area contributed by atoms with Gasteiger partial charge in [0.15, 0.2) is 5.56 Å². The highest BCUT2D eigenvalue weighted by molar-refractivity contribution is 9.10. The number of aromatic nitrogens is 2. The van der Waals surface area contributed by atoms with E-state index in [9.17, 15) is 18.0 Å². The molecule has 1 aromatic carbocycles. The van der Waals surface area contributed by atoms with Gasteiger partial charge in [-0.2, -0.15) is 13.2 Å². The molecule has 0 aliphatic rings. The molecule has 0 aliphatic carbocycles. The van der Waals surface area contributed by atoms with Crippen molar-refractivity contribution in [2.75, 3.05) is 14.2 Å². The molecule has 6 nitrogen and oxygen atoms in total. The fourth-order valence-corrected chi connectivity index (χ4v) is 4.11. The van der Waals surface area contributed by atoms with E-state index in [-0.39, 0.29) is 16.8 Å². The van der Waals surface area contributed by atoms with Gasteiger partial charge >= 0.3 is 12.1 Å². The summed E-state index contributed by atoms with van der Waals surface area (Å²) < 4.78 is 57.8. The molecule has 0 unspecified atom stereocenters. The van der Waals surface area contributed by atoms with Crippen LogP contribution in [0.3, 0.4) is 0 Å². The highest BCUT2D eigenvalue weighted by atomic mass is 79.9. The second-order valence-electron chi connectivity index (χ2n) is 7.66. The predicted molar refractivity (Wildman–Crippen MR) is 126 cm³/mol. The first-order chi connectivity index (χ1) is 16.2. The van der Waals surface area contributed by atoms with Crippen molar-refractivity contribution in [2.45, 2.75) is 64.8 Å². The maximum atomic E-state index is 13.8. The standard InChI is InChI=1S/C24H30BrF3N2O4/c1-4-5-6-7-8-11-14-30-21(25)20(24(26,27)28)22(29-30)34-15-17-12-9-10-13-18(17)19(16-32-2)23(31)33-3/h9-10,12-13,16H,4-8,11,14-15H2,1-3H3/b19-16+. The van der Waals surface area contributed by atoms with Crippen LogP contribution in [0.2, 0.25) is 0 Å². The van der Waals surface area contributed by atoms with E-state index in [1.807, 2.05) is 0 Å². The molecule has 0 radical (unpaired) electrons. The molecule has 188 valence electrons. The van der Waals surface area contributed by atoms with Crippen molar-refractivity contribution in [3.8, 4) is 5.88 Å². The van der Waals surface area contributed by atoms with Gasteiger partial charge in [-0.15, -0.1) is 5.10 Å². The number of methoxy groups -OCH3 is 2. The largest absolute Gasteiger partial charge is 0.503 e. The minimum atomic E-state index is -4.65. The molecule has 0 N–H and O–H groups in total. The molecule has 0 atom stereocenters. The van der Waals surface area contributed by atoms with E-state index in [0.29, 0.717) is 24.1 Å². The zero-order valence-corrected chi connectivity index (χ0v) is 21.2. The summed E-state index contributed by atoms with van der Waals surface area (Å²) in [5.74, 6) is -1.16. The van der Waals surface area contributed by atoms with E-state index < -0.39 is 23.6 Å². The maximum Gasteiger partial charge on any atom is 0.424 e. The predicted octanol–water partition coefficient (Wildman–Crippen LogP) is 6.76. The first-order valence-electron chi connectivity index (χ1n) is 11.1. The molecule has 0 saturated carbocycles. The number of rotatable bonds is 13. The van der Waals surface area contributed by atoms with Crippen molar-refractivity contribution >= 4 is 27.5 Å². The third kappa shape index (κ3) is 7.51. The minimum absolute atomic E-state index is 0.120. The lowest BCUT2D eigenvalue weighted by molar-refractivity contribution is -0.139. The maximum absolute atomic E-state index is 13.8. The summed E-state index contributed by atoms with van der Waals surface area (Å²) in [4.78, 5) is 12.2. The summed E-state index contributed by atoms with van der Waals surface area (Å²) in [5, 5.41) is 4.08. The lowest BCUT2D eigenvalue weighted by Gasteiger charge is -2.13. The third-order valence-corrected chi connectivity index (χ3v) is 5.98. The van der Waals surface area contributed by atoms with E-state index in [2.05, 4.69) is 28.0 Å². The Bertz CT molecular complexity index is 974. The number of carbonyl (C=O) groups excluding carboxylic acids is 1. The van der Waals surface area contributed by atoms with Crippen LogP contribution in [0.5, 0.6) is 5.88 Å². The normalized spacial score (nSPS) is 12.0. The van der Waals surface area contributed by atoms with Gasteiger partial charge in [0.25, 0.3) is 0 Å². The van der Waals surface area contributed by atoms with Crippen molar-refractivity contribution < 1.29 is 32.2 Å². The van der Waals surface area contributed by atoms with Crippen LogP contribution in [0.1, 0.15) is 62.1 Å². The van der Waals surface area contributed by atoms with Crippen molar-refractivity contribution in [3.05, 3.63) is 51.8 Å². The number of benzene rings is 1.